The minimum Gasteiger partial charge on any atom is -0.480 e. The molecule has 0 spiro atoms. The zero-order valence-electron chi connectivity index (χ0n) is 11.0. The first kappa shape index (κ1) is 14.1. The maximum absolute atomic E-state index is 11.4. The van der Waals surface area contributed by atoms with Gasteiger partial charge in [-0.15, -0.1) is 0 Å². The lowest BCUT2D eigenvalue weighted by Gasteiger charge is -2.14. The lowest BCUT2D eigenvalue weighted by atomic mass is 10.1. The first-order chi connectivity index (χ1) is 9.63. The highest BCUT2D eigenvalue weighted by atomic mass is 16.5. The van der Waals surface area contributed by atoms with Crippen LogP contribution < -0.4 is 5.32 Å². The van der Waals surface area contributed by atoms with Gasteiger partial charge in [-0.05, 0) is 23.8 Å². The Kier molecular flexibility index (Phi) is 4.40. The molecule has 20 heavy (non-hydrogen) atoms. The topological polar surface area (TPSA) is 75.6 Å². The number of nitrogens with one attached hydrogen (secondary N) is 1. The monoisotopic (exact) mass is 275 g/mol. The summed E-state index contributed by atoms with van der Waals surface area (Å²) < 4.78 is 4.76. The van der Waals surface area contributed by atoms with Gasteiger partial charge in [0.1, 0.15) is 12.6 Å². The Morgan fingerprint density at radius 3 is 2.75 bits per heavy atom. The van der Waals surface area contributed by atoms with Crippen molar-refractivity contribution >= 4 is 12.1 Å². The number of amides is 1. The average molecular weight is 275 g/mol. The van der Waals surface area contributed by atoms with E-state index in [2.05, 4.69) is 11.9 Å². The average Bonchev–Trinajstić information content (AvgIpc) is 3.23. The van der Waals surface area contributed by atoms with E-state index < -0.39 is 18.1 Å². The zero-order valence-corrected chi connectivity index (χ0v) is 11.0. The van der Waals surface area contributed by atoms with Crippen LogP contribution in [0, 0.1) is 5.92 Å². The smallest absolute Gasteiger partial charge is 0.408 e. The Hall–Kier alpha value is -2.30. The summed E-state index contributed by atoms with van der Waals surface area (Å²) in [6.45, 7) is 3.49. The van der Waals surface area contributed by atoms with Crippen molar-refractivity contribution in [3.63, 3.8) is 0 Å². The highest BCUT2D eigenvalue weighted by Crippen LogP contribution is 2.49. The second kappa shape index (κ2) is 6.23. The van der Waals surface area contributed by atoms with Gasteiger partial charge in [-0.1, -0.05) is 43.0 Å². The fourth-order valence-corrected chi connectivity index (χ4v) is 2.32. The van der Waals surface area contributed by atoms with Crippen LogP contribution in [-0.4, -0.2) is 29.8 Å². The minimum absolute atomic E-state index is 0.0605. The molecule has 3 atom stereocenters. The summed E-state index contributed by atoms with van der Waals surface area (Å²) in [5, 5.41) is 11.6. The quantitative estimate of drug-likeness (QED) is 0.780. The van der Waals surface area contributed by atoms with Crippen LogP contribution in [0.3, 0.4) is 0 Å². The SMILES string of the molecule is C=CCOC(=O)NC(C(=O)O)C1CC1c1ccccc1. The number of hydrogen-bond acceptors (Lipinski definition) is 3. The second-order valence-corrected chi connectivity index (χ2v) is 4.76. The van der Waals surface area contributed by atoms with E-state index >= 15 is 0 Å². The van der Waals surface area contributed by atoms with E-state index in [0.29, 0.717) is 0 Å². The molecule has 0 aliphatic heterocycles. The van der Waals surface area contributed by atoms with Crippen LogP contribution in [0.25, 0.3) is 0 Å². The molecule has 1 aromatic rings. The number of carboxylic acids is 1. The van der Waals surface area contributed by atoms with Crippen molar-refractivity contribution in [2.24, 2.45) is 5.92 Å². The molecule has 1 fully saturated rings. The van der Waals surface area contributed by atoms with Crippen molar-refractivity contribution in [1.82, 2.24) is 5.32 Å². The molecule has 0 bridgehead atoms. The van der Waals surface area contributed by atoms with Crippen molar-refractivity contribution in [3.8, 4) is 0 Å². The molecule has 1 amide bonds. The molecule has 106 valence electrons. The molecule has 5 heteroatoms. The summed E-state index contributed by atoms with van der Waals surface area (Å²) in [6, 6.07) is 8.79. The molecule has 2 N–H and O–H groups in total. The molecule has 0 radical (unpaired) electrons. The van der Waals surface area contributed by atoms with Gasteiger partial charge in [0.2, 0.25) is 0 Å². The van der Waals surface area contributed by atoms with Gasteiger partial charge in [-0.2, -0.15) is 0 Å². The number of carbonyl (C=O) groups is 2. The Bertz CT molecular complexity index is 500. The van der Waals surface area contributed by atoms with Crippen molar-refractivity contribution in [3.05, 3.63) is 48.6 Å². The summed E-state index contributed by atoms with van der Waals surface area (Å²) in [6.07, 6.45) is 1.46. The van der Waals surface area contributed by atoms with E-state index in [4.69, 9.17) is 4.74 Å². The lowest BCUT2D eigenvalue weighted by Crippen LogP contribution is -2.43. The molecule has 2 rings (SSSR count). The van der Waals surface area contributed by atoms with Gasteiger partial charge in [0.05, 0.1) is 0 Å². The number of rotatable bonds is 6. The molecule has 0 saturated heterocycles. The molecule has 0 heterocycles. The van der Waals surface area contributed by atoms with Gasteiger partial charge in [-0.3, -0.25) is 0 Å². The fourth-order valence-electron chi connectivity index (χ4n) is 2.32. The second-order valence-electron chi connectivity index (χ2n) is 4.76. The Balaban J connectivity index is 1.96. The van der Waals surface area contributed by atoms with E-state index in [9.17, 15) is 14.7 Å². The van der Waals surface area contributed by atoms with Gasteiger partial charge in [-0.25, -0.2) is 9.59 Å². The third kappa shape index (κ3) is 3.38. The van der Waals surface area contributed by atoms with Crippen LogP contribution in [0.5, 0.6) is 0 Å². The van der Waals surface area contributed by atoms with Gasteiger partial charge in [0, 0.05) is 0 Å². The number of carbonyl (C=O) groups excluding carboxylic acids is 1. The first-order valence-corrected chi connectivity index (χ1v) is 6.45. The van der Waals surface area contributed by atoms with E-state index in [1.807, 2.05) is 30.3 Å². The van der Waals surface area contributed by atoms with Crippen molar-refractivity contribution < 1.29 is 19.4 Å². The van der Waals surface area contributed by atoms with Gasteiger partial charge in [0.25, 0.3) is 0 Å². The van der Waals surface area contributed by atoms with Crippen LogP contribution in [0.1, 0.15) is 17.9 Å². The fraction of sp³-hybridized carbons (Fsp3) is 0.333. The van der Waals surface area contributed by atoms with Gasteiger partial charge in [0.15, 0.2) is 0 Å². The van der Waals surface area contributed by atoms with E-state index in [1.165, 1.54) is 6.08 Å². The molecule has 3 unspecified atom stereocenters. The zero-order chi connectivity index (χ0) is 14.5. The summed E-state index contributed by atoms with van der Waals surface area (Å²) in [4.78, 5) is 22.7. The Labute approximate surface area is 117 Å². The van der Waals surface area contributed by atoms with Crippen LogP contribution in [-0.2, 0) is 9.53 Å². The normalized spacial score (nSPS) is 21.6. The van der Waals surface area contributed by atoms with Gasteiger partial charge < -0.3 is 15.2 Å². The largest absolute Gasteiger partial charge is 0.480 e. The highest BCUT2D eigenvalue weighted by Gasteiger charge is 2.47. The minimum atomic E-state index is -1.04. The van der Waals surface area contributed by atoms with E-state index in [0.717, 1.165) is 12.0 Å². The molecule has 1 aliphatic carbocycles. The molecule has 5 nitrogen and oxygen atoms in total. The maximum atomic E-state index is 11.4. The van der Waals surface area contributed by atoms with Crippen LogP contribution in [0.2, 0.25) is 0 Å². The maximum Gasteiger partial charge on any atom is 0.408 e. The molecule has 1 saturated carbocycles. The van der Waals surface area contributed by atoms with Crippen LogP contribution in [0.4, 0.5) is 4.79 Å². The van der Waals surface area contributed by atoms with Crippen LogP contribution in [0.15, 0.2) is 43.0 Å². The predicted octanol–water partition coefficient (Wildman–Crippen LogP) is 2.16. The predicted molar refractivity (Wildman–Crippen MR) is 73.4 cm³/mol. The number of ether oxygens (including phenoxy) is 1. The number of hydrogen-bond donors (Lipinski definition) is 2. The first-order valence-electron chi connectivity index (χ1n) is 6.45. The summed E-state index contributed by atoms with van der Waals surface area (Å²) >= 11 is 0. The van der Waals surface area contributed by atoms with Crippen molar-refractivity contribution in [2.45, 2.75) is 18.4 Å². The molecular formula is C15H17NO4. The van der Waals surface area contributed by atoms with E-state index in [1.54, 1.807) is 0 Å². The molecular weight excluding hydrogens is 258 g/mol. The molecule has 0 aromatic heterocycles. The Morgan fingerprint density at radius 2 is 2.15 bits per heavy atom. The number of aliphatic carboxylic acids is 1. The standard InChI is InChI=1S/C15H17NO4/c1-2-8-20-15(19)16-13(14(17)18)12-9-11(12)10-6-4-3-5-7-10/h2-7,11-13H,1,8-9H2,(H,16,19)(H,17,18). The third-order valence-electron chi connectivity index (χ3n) is 3.37. The summed E-state index contributed by atoms with van der Waals surface area (Å²) in [5.74, 6) is -0.952. The third-order valence-corrected chi connectivity index (χ3v) is 3.37. The van der Waals surface area contributed by atoms with Crippen molar-refractivity contribution in [1.29, 1.82) is 0 Å². The summed E-state index contributed by atoms with van der Waals surface area (Å²) in [7, 11) is 0. The molecule has 1 aromatic carbocycles. The summed E-state index contributed by atoms with van der Waals surface area (Å²) in [5.41, 5.74) is 1.10. The van der Waals surface area contributed by atoms with E-state index in [-0.39, 0.29) is 18.4 Å². The number of carboxylic acid groups (broad SMARTS) is 1. The number of alkyl carbamates (subject to hydrolysis) is 1. The van der Waals surface area contributed by atoms with Crippen LogP contribution >= 0.6 is 0 Å². The highest BCUT2D eigenvalue weighted by molar-refractivity contribution is 5.81. The molecule has 1 aliphatic rings. The van der Waals surface area contributed by atoms with Gasteiger partial charge >= 0.3 is 12.1 Å². The van der Waals surface area contributed by atoms with Crippen molar-refractivity contribution in [2.75, 3.05) is 6.61 Å². The number of benzene rings is 1. The Morgan fingerprint density at radius 1 is 1.45 bits per heavy atom. The lowest BCUT2D eigenvalue weighted by molar-refractivity contribution is -0.139.